The first-order chi connectivity index (χ1) is 9.40. The normalized spacial score (nSPS) is 12.2. The quantitative estimate of drug-likeness (QED) is 0.791. The smallest absolute Gasteiger partial charge is 0.323 e. The number of carbonyl (C=O) groups excluding carboxylic acids is 1. The molecule has 1 amide bonds. The maximum atomic E-state index is 12.3. The molecule has 5 nitrogen and oxygen atoms in total. The van der Waals surface area contributed by atoms with E-state index in [1.54, 1.807) is 0 Å². The van der Waals surface area contributed by atoms with Crippen LogP contribution < -0.4 is 5.73 Å². The van der Waals surface area contributed by atoms with Gasteiger partial charge in [0, 0.05) is 6.54 Å². The molecular weight excluding hydrogens is 256 g/mol. The van der Waals surface area contributed by atoms with E-state index < -0.39 is 12.0 Å². The minimum atomic E-state index is -1.04. The molecular formula is C15H22N2O3. The number of amides is 1. The second kappa shape index (κ2) is 7.65. The van der Waals surface area contributed by atoms with E-state index in [-0.39, 0.29) is 24.9 Å². The third-order valence-corrected chi connectivity index (χ3v) is 2.90. The molecule has 0 aliphatic heterocycles. The number of rotatable bonds is 7. The number of aliphatic carboxylic acids is 1. The summed E-state index contributed by atoms with van der Waals surface area (Å²) < 4.78 is 0. The predicted octanol–water partition coefficient (Wildman–Crippen LogP) is 1.47. The van der Waals surface area contributed by atoms with E-state index in [9.17, 15) is 9.59 Å². The van der Waals surface area contributed by atoms with Crippen molar-refractivity contribution < 1.29 is 14.7 Å². The molecule has 0 saturated heterocycles. The van der Waals surface area contributed by atoms with Crippen molar-refractivity contribution in [3.05, 3.63) is 35.9 Å². The lowest BCUT2D eigenvalue weighted by atomic mass is 10.0. The van der Waals surface area contributed by atoms with Crippen molar-refractivity contribution >= 4 is 11.9 Å². The largest absolute Gasteiger partial charge is 0.480 e. The molecule has 1 aromatic rings. The Balaban J connectivity index is 2.78. The number of nitrogens with two attached hydrogens (primary N) is 1. The van der Waals surface area contributed by atoms with Gasteiger partial charge in [0.15, 0.2) is 0 Å². The monoisotopic (exact) mass is 278 g/mol. The molecule has 20 heavy (non-hydrogen) atoms. The van der Waals surface area contributed by atoms with Crippen molar-refractivity contribution in [1.29, 1.82) is 0 Å². The van der Waals surface area contributed by atoms with Crippen LogP contribution in [0.3, 0.4) is 0 Å². The van der Waals surface area contributed by atoms with Crippen LogP contribution in [-0.4, -0.2) is 34.5 Å². The van der Waals surface area contributed by atoms with Gasteiger partial charge in [-0.1, -0.05) is 44.2 Å². The van der Waals surface area contributed by atoms with Crippen molar-refractivity contribution in [2.45, 2.75) is 32.9 Å². The number of hydrogen-bond acceptors (Lipinski definition) is 3. The lowest BCUT2D eigenvalue weighted by Crippen LogP contribution is -2.46. The molecule has 1 atom stereocenters. The zero-order valence-corrected chi connectivity index (χ0v) is 12.0. The van der Waals surface area contributed by atoms with E-state index in [1.807, 2.05) is 44.2 Å². The number of carbonyl (C=O) groups is 2. The number of benzene rings is 1. The van der Waals surface area contributed by atoms with E-state index >= 15 is 0 Å². The highest BCUT2D eigenvalue weighted by atomic mass is 16.4. The van der Waals surface area contributed by atoms with Crippen LogP contribution in [0.5, 0.6) is 0 Å². The summed E-state index contributed by atoms with van der Waals surface area (Å²) in [7, 11) is 0. The zero-order valence-electron chi connectivity index (χ0n) is 12.0. The Morgan fingerprint density at radius 1 is 1.25 bits per heavy atom. The lowest BCUT2D eigenvalue weighted by Gasteiger charge is -2.25. The minimum absolute atomic E-state index is 0.262. The number of carboxylic acids is 1. The Hall–Kier alpha value is -1.88. The summed E-state index contributed by atoms with van der Waals surface area (Å²) in [5.41, 5.74) is 6.75. The Morgan fingerprint density at radius 3 is 2.35 bits per heavy atom. The molecule has 0 heterocycles. The topological polar surface area (TPSA) is 83.6 Å². The van der Waals surface area contributed by atoms with Crippen molar-refractivity contribution in [1.82, 2.24) is 4.90 Å². The first-order valence-corrected chi connectivity index (χ1v) is 6.70. The van der Waals surface area contributed by atoms with Crippen LogP contribution in [-0.2, 0) is 16.1 Å². The summed E-state index contributed by atoms with van der Waals surface area (Å²) >= 11 is 0. The molecule has 0 spiro atoms. The van der Waals surface area contributed by atoms with Crippen LogP contribution in [0, 0.1) is 5.92 Å². The van der Waals surface area contributed by atoms with E-state index in [2.05, 4.69) is 0 Å². The first-order valence-electron chi connectivity index (χ1n) is 6.70. The average Bonchev–Trinajstić information content (AvgIpc) is 2.37. The first kappa shape index (κ1) is 16.2. The molecule has 0 aliphatic carbocycles. The number of hydrogen-bond donors (Lipinski definition) is 2. The number of nitrogens with zero attached hydrogens (tertiary/aromatic N) is 1. The van der Waals surface area contributed by atoms with E-state index in [0.717, 1.165) is 5.56 Å². The Bertz CT molecular complexity index is 446. The lowest BCUT2D eigenvalue weighted by molar-refractivity contribution is -0.145. The van der Waals surface area contributed by atoms with Crippen LogP contribution in [0.4, 0.5) is 0 Å². The molecule has 1 rings (SSSR count). The van der Waals surface area contributed by atoms with Gasteiger partial charge in [0.25, 0.3) is 0 Å². The fourth-order valence-corrected chi connectivity index (χ4v) is 2.02. The van der Waals surface area contributed by atoms with E-state index in [0.29, 0.717) is 6.42 Å². The summed E-state index contributed by atoms with van der Waals surface area (Å²) in [6.07, 6.45) is 0.545. The van der Waals surface area contributed by atoms with Crippen LogP contribution in [0.25, 0.3) is 0 Å². The van der Waals surface area contributed by atoms with Gasteiger partial charge < -0.3 is 15.7 Å². The molecule has 0 aliphatic rings. The van der Waals surface area contributed by atoms with Gasteiger partial charge in [-0.3, -0.25) is 9.59 Å². The van der Waals surface area contributed by atoms with Crippen molar-refractivity contribution in [3.8, 4) is 0 Å². The highest BCUT2D eigenvalue weighted by molar-refractivity contribution is 5.85. The van der Waals surface area contributed by atoms with Crippen LogP contribution in [0.15, 0.2) is 30.3 Å². The van der Waals surface area contributed by atoms with Crippen molar-refractivity contribution in [2.24, 2.45) is 11.7 Å². The van der Waals surface area contributed by atoms with Gasteiger partial charge >= 0.3 is 5.97 Å². The number of carboxylic acid groups (broad SMARTS) is 1. The fraction of sp³-hybridized carbons (Fsp3) is 0.467. The second-order valence-electron chi connectivity index (χ2n) is 5.31. The Labute approximate surface area is 119 Å². The summed E-state index contributed by atoms with van der Waals surface area (Å²) in [4.78, 5) is 24.5. The molecule has 3 N–H and O–H groups in total. The summed E-state index contributed by atoms with van der Waals surface area (Å²) in [6.45, 7) is 3.88. The third kappa shape index (κ3) is 5.40. The van der Waals surface area contributed by atoms with Gasteiger partial charge in [0.2, 0.25) is 5.91 Å². The summed E-state index contributed by atoms with van der Waals surface area (Å²) in [5.74, 6) is -1.06. The van der Waals surface area contributed by atoms with E-state index in [1.165, 1.54) is 4.90 Å². The van der Waals surface area contributed by atoms with Crippen LogP contribution in [0.2, 0.25) is 0 Å². The highest BCUT2D eigenvalue weighted by Crippen LogP contribution is 2.10. The molecule has 1 aromatic carbocycles. The van der Waals surface area contributed by atoms with Crippen molar-refractivity contribution in [3.63, 3.8) is 0 Å². The maximum absolute atomic E-state index is 12.3. The maximum Gasteiger partial charge on any atom is 0.323 e. The molecule has 0 radical (unpaired) electrons. The van der Waals surface area contributed by atoms with Gasteiger partial charge in [0.1, 0.15) is 6.54 Å². The van der Waals surface area contributed by atoms with Crippen LogP contribution in [0.1, 0.15) is 25.8 Å². The molecule has 0 fully saturated rings. The SMILES string of the molecule is CC(C)CC(N)C(=O)N(CC(=O)O)Cc1ccccc1. The van der Waals surface area contributed by atoms with Crippen LogP contribution >= 0.6 is 0 Å². The predicted molar refractivity (Wildman–Crippen MR) is 76.9 cm³/mol. The Morgan fingerprint density at radius 2 is 1.85 bits per heavy atom. The summed E-state index contributed by atoms with van der Waals surface area (Å²) in [5, 5.41) is 8.94. The zero-order chi connectivity index (χ0) is 15.1. The molecule has 5 heteroatoms. The van der Waals surface area contributed by atoms with Gasteiger partial charge in [0.05, 0.1) is 6.04 Å². The van der Waals surface area contributed by atoms with E-state index in [4.69, 9.17) is 10.8 Å². The second-order valence-corrected chi connectivity index (χ2v) is 5.31. The average molecular weight is 278 g/mol. The fourth-order valence-electron chi connectivity index (χ4n) is 2.02. The highest BCUT2D eigenvalue weighted by Gasteiger charge is 2.23. The molecule has 1 unspecified atom stereocenters. The minimum Gasteiger partial charge on any atom is -0.480 e. The molecule has 0 saturated carbocycles. The standard InChI is InChI=1S/C15H22N2O3/c1-11(2)8-13(16)15(20)17(10-14(18)19)9-12-6-4-3-5-7-12/h3-7,11,13H,8-10,16H2,1-2H3,(H,18,19). The summed E-state index contributed by atoms with van der Waals surface area (Å²) in [6, 6.07) is 8.64. The Kier molecular flexibility index (Phi) is 6.18. The van der Waals surface area contributed by atoms with Gasteiger partial charge in [-0.05, 0) is 17.9 Å². The van der Waals surface area contributed by atoms with Gasteiger partial charge in [-0.2, -0.15) is 0 Å². The van der Waals surface area contributed by atoms with Gasteiger partial charge in [-0.15, -0.1) is 0 Å². The van der Waals surface area contributed by atoms with Gasteiger partial charge in [-0.25, -0.2) is 0 Å². The third-order valence-electron chi connectivity index (χ3n) is 2.90. The van der Waals surface area contributed by atoms with Crippen molar-refractivity contribution in [2.75, 3.05) is 6.54 Å². The molecule has 0 bridgehead atoms. The molecule has 110 valence electrons. The molecule has 0 aromatic heterocycles.